The fraction of sp³-hybridized carbons (Fsp3) is 0.118. The van der Waals surface area contributed by atoms with Gasteiger partial charge in [-0.1, -0.05) is 30.7 Å². The summed E-state index contributed by atoms with van der Waals surface area (Å²) in [4.78, 5) is 35.3. The van der Waals surface area contributed by atoms with Gasteiger partial charge in [0.05, 0.1) is 10.6 Å². The van der Waals surface area contributed by atoms with Gasteiger partial charge in [-0.2, -0.15) is 0 Å². The van der Waals surface area contributed by atoms with Gasteiger partial charge in [0.25, 0.3) is 11.8 Å². The molecule has 0 radical (unpaired) electrons. The van der Waals surface area contributed by atoms with Gasteiger partial charge in [-0.15, -0.1) is 0 Å². The first-order valence-corrected chi connectivity index (χ1v) is 7.64. The van der Waals surface area contributed by atoms with E-state index >= 15 is 0 Å². The predicted octanol–water partition coefficient (Wildman–Crippen LogP) is 2.76. The Balaban J connectivity index is 1.94. The number of nitrogens with one attached hydrogen (secondary N) is 3. The Labute approximate surface area is 144 Å². The van der Waals surface area contributed by atoms with E-state index in [0.29, 0.717) is 22.7 Å². The molecule has 0 aliphatic heterocycles. The summed E-state index contributed by atoms with van der Waals surface area (Å²) in [6, 6.07) is 12.8. The summed E-state index contributed by atoms with van der Waals surface area (Å²) in [6.45, 7) is 1.75. The fourth-order valence-corrected chi connectivity index (χ4v) is 2.07. The highest BCUT2D eigenvalue weighted by atomic mass is 35.5. The lowest BCUT2D eigenvalue weighted by Crippen LogP contribution is -2.41. The van der Waals surface area contributed by atoms with Crippen molar-refractivity contribution in [3.05, 3.63) is 64.7 Å². The molecule has 0 saturated heterocycles. The van der Waals surface area contributed by atoms with Crippen LogP contribution < -0.4 is 16.2 Å². The van der Waals surface area contributed by atoms with Crippen molar-refractivity contribution in [1.82, 2.24) is 10.9 Å². The number of hydrogen-bond acceptors (Lipinski definition) is 3. The molecule has 0 aliphatic carbocycles. The molecule has 0 spiro atoms. The molecule has 0 unspecified atom stereocenters. The van der Waals surface area contributed by atoms with Gasteiger partial charge in [-0.3, -0.25) is 25.2 Å². The van der Waals surface area contributed by atoms with Crippen LogP contribution in [0.4, 0.5) is 5.69 Å². The van der Waals surface area contributed by atoms with Crippen molar-refractivity contribution in [2.45, 2.75) is 13.3 Å². The SMILES string of the molecule is CCC(=O)Nc1ccc(C(=O)NNC(=O)c2ccccc2Cl)cc1. The molecule has 0 saturated carbocycles. The van der Waals surface area contributed by atoms with Crippen molar-refractivity contribution in [3.8, 4) is 0 Å². The summed E-state index contributed by atoms with van der Waals surface area (Å²) in [5.74, 6) is -1.11. The van der Waals surface area contributed by atoms with Crippen LogP contribution in [0, 0.1) is 0 Å². The van der Waals surface area contributed by atoms with Gasteiger partial charge in [0.2, 0.25) is 5.91 Å². The minimum absolute atomic E-state index is 0.112. The van der Waals surface area contributed by atoms with E-state index in [1.54, 1.807) is 55.5 Å². The lowest BCUT2D eigenvalue weighted by atomic mass is 10.2. The summed E-state index contributed by atoms with van der Waals surface area (Å²) in [6.07, 6.45) is 0.371. The number of amides is 3. The zero-order valence-electron chi connectivity index (χ0n) is 12.9. The second-order valence-electron chi connectivity index (χ2n) is 4.87. The first-order chi connectivity index (χ1) is 11.5. The van der Waals surface area contributed by atoms with Gasteiger partial charge < -0.3 is 5.32 Å². The molecular formula is C17H16ClN3O3. The summed E-state index contributed by atoms with van der Waals surface area (Å²) in [5.41, 5.74) is 5.81. The molecule has 0 atom stereocenters. The smallest absolute Gasteiger partial charge is 0.271 e. The van der Waals surface area contributed by atoms with E-state index in [4.69, 9.17) is 11.6 Å². The molecule has 2 rings (SSSR count). The highest BCUT2D eigenvalue weighted by Gasteiger charge is 2.11. The molecule has 0 bridgehead atoms. The quantitative estimate of drug-likeness (QED) is 0.744. The van der Waals surface area contributed by atoms with E-state index in [1.807, 2.05) is 0 Å². The third-order valence-electron chi connectivity index (χ3n) is 3.16. The van der Waals surface area contributed by atoms with Crippen LogP contribution in [0.1, 0.15) is 34.1 Å². The molecule has 2 aromatic carbocycles. The molecule has 3 amide bonds. The van der Waals surface area contributed by atoms with Gasteiger partial charge in [0.1, 0.15) is 0 Å². The molecule has 124 valence electrons. The number of hydrogen-bond donors (Lipinski definition) is 3. The molecule has 6 nitrogen and oxygen atoms in total. The molecule has 7 heteroatoms. The minimum Gasteiger partial charge on any atom is -0.326 e. The van der Waals surface area contributed by atoms with E-state index in [9.17, 15) is 14.4 Å². The number of hydrazine groups is 1. The van der Waals surface area contributed by atoms with Gasteiger partial charge in [0.15, 0.2) is 0 Å². The van der Waals surface area contributed by atoms with Gasteiger partial charge in [-0.25, -0.2) is 0 Å². The zero-order chi connectivity index (χ0) is 17.5. The number of anilines is 1. The Kier molecular flexibility index (Phi) is 5.92. The minimum atomic E-state index is -0.513. The van der Waals surface area contributed by atoms with Crippen LogP contribution in [-0.2, 0) is 4.79 Å². The molecule has 3 N–H and O–H groups in total. The standard InChI is InChI=1S/C17H16ClN3O3/c1-2-15(22)19-12-9-7-11(8-10-12)16(23)20-21-17(24)13-5-3-4-6-14(13)18/h3-10H,2H2,1H3,(H,19,22)(H,20,23)(H,21,24). The van der Waals surface area contributed by atoms with E-state index in [2.05, 4.69) is 16.2 Å². The largest absolute Gasteiger partial charge is 0.326 e. The predicted molar refractivity (Wildman–Crippen MR) is 91.7 cm³/mol. The highest BCUT2D eigenvalue weighted by Crippen LogP contribution is 2.14. The summed E-state index contributed by atoms with van der Waals surface area (Å²) >= 11 is 5.91. The Morgan fingerprint density at radius 1 is 0.917 bits per heavy atom. The summed E-state index contributed by atoms with van der Waals surface area (Å²) in [7, 11) is 0. The summed E-state index contributed by atoms with van der Waals surface area (Å²) < 4.78 is 0. The van der Waals surface area contributed by atoms with Crippen molar-refractivity contribution < 1.29 is 14.4 Å². The molecule has 0 aliphatic rings. The Morgan fingerprint density at radius 2 is 1.54 bits per heavy atom. The topological polar surface area (TPSA) is 87.3 Å². The number of benzene rings is 2. The van der Waals surface area contributed by atoms with Crippen molar-refractivity contribution in [1.29, 1.82) is 0 Å². The second-order valence-corrected chi connectivity index (χ2v) is 5.27. The molecular weight excluding hydrogens is 330 g/mol. The maximum atomic E-state index is 12.0. The maximum absolute atomic E-state index is 12.0. The monoisotopic (exact) mass is 345 g/mol. The normalized spacial score (nSPS) is 9.92. The van der Waals surface area contributed by atoms with E-state index in [1.165, 1.54) is 0 Å². The van der Waals surface area contributed by atoms with Gasteiger partial charge in [-0.05, 0) is 36.4 Å². The van der Waals surface area contributed by atoms with Crippen LogP contribution in [0.3, 0.4) is 0 Å². The van der Waals surface area contributed by atoms with Crippen LogP contribution in [0.2, 0.25) is 5.02 Å². The third kappa shape index (κ3) is 4.57. The zero-order valence-corrected chi connectivity index (χ0v) is 13.7. The summed E-state index contributed by atoms with van der Waals surface area (Å²) in [5, 5.41) is 2.97. The van der Waals surface area contributed by atoms with Crippen molar-refractivity contribution in [2.24, 2.45) is 0 Å². The molecule has 0 aromatic heterocycles. The number of rotatable bonds is 4. The number of carbonyl (C=O) groups is 3. The van der Waals surface area contributed by atoms with E-state index < -0.39 is 11.8 Å². The average molecular weight is 346 g/mol. The number of carbonyl (C=O) groups excluding carboxylic acids is 3. The van der Waals surface area contributed by atoms with E-state index in [-0.39, 0.29) is 11.5 Å². The molecule has 2 aromatic rings. The Hall–Kier alpha value is -2.86. The van der Waals surface area contributed by atoms with Crippen molar-refractivity contribution in [3.63, 3.8) is 0 Å². The Bertz CT molecular complexity index is 760. The van der Waals surface area contributed by atoms with Crippen molar-refractivity contribution >= 4 is 35.0 Å². The van der Waals surface area contributed by atoms with Crippen LogP contribution >= 0.6 is 11.6 Å². The number of halogens is 1. The van der Waals surface area contributed by atoms with Gasteiger partial charge in [0, 0.05) is 17.7 Å². The van der Waals surface area contributed by atoms with Gasteiger partial charge >= 0.3 is 0 Å². The van der Waals surface area contributed by atoms with E-state index in [0.717, 1.165) is 0 Å². The maximum Gasteiger partial charge on any atom is 0.271 e. The van der Waals surface area contributed by atoms with Crippen LogP contribution in [0.5, 0.6) is 0 Å². The third-order valence-corrected chi connectivity index (χ3v) is 3.49. The molecule has 0 heterocycles. The lowest BCUT2D eigenvalue weighted by Gasteiger charge is -2.09. The first-order valence-electron chi connectivity index (χ1n) is 7.26. The molecule has 0 fully saturated rings. The van der Waals surface area contributed by atoms with Crippen LogP contribution in [0.15, 0.2) is 48.5 Å². The first kappa shape index (κ1) is 17.5. The van der Waals surface area contributed by atoms with Crippen LogP contribution in [-0.4, -0.2) is 17.7 Å². The highest BCUT2D eigenvalue weighted by molar-refractivity contribution is 6.33. The fourth-order valence-electron chi connectivity index (χ4n) is 1.85. The molecule has 24 heavy (non-hydrogen) atoms. The average Bonchev–Trinajstić information content (AvgIpc) is 2.60. The second kappa shape index (κ2) is 8.12. The lowest BCUT2D eigenvalue weighted by molar-refractivity contribution is -0.115. The van der Waals surface area contributed by atoms with Crippen molar-refractivity contribution in [2.75, 3.05) is 5.32 Å². The van der Waals surface area contributed by atoms with Crippen LogP contribution in [0.25, 0.3) is 0 Å². The Morgan fingerprint density at radius 3 is 2.17 bits per heavy atom.